The van der Waals surface area contributed by atoms with E-state index >= 15 is 0 Å². The number of rotatable bonds is 7. The SMILES string of the molecule is O=C1OCCC1NSc1ccc(NCCc2cccc(Cl)c2)cc1. The van der Waals surface area contributed by atoms with E-state index in [-0.39, 0.29) is 12.0 Å². The third kappa shape index (κ3) is 4.90. The summed E-state index contributed by atoms with van der Waals surface area (Å²) >= 11 is 7.45. The average Bonchev–Trinajstić information content (AvgIpc) is 2.99. The molecule has 0 aliphatic carbocycles. The highest BCUT2D eigenvalue weighted by molar-refractivity contribution is 7.97. The van der Waals surface area contributed by atoms with Crippen molar-refractivity contribution in [2.45, 2.75) is 23.8 Å². The van der Waals surface area contributed by atoms with Gasteiger partial charge >= 0.3 is 5.97 Å². The minimum atomic E-state index is -0.203. The van der Waals surface area contributed by atoms with Gasteiger partial charge in [-0.2, -0.15) is 0 Å². The van der Waals surface area contributed by atoms with Crippen molar-refractivity contribution in [2.75, 3.05) is 18.5 Å². The number of anilines is 1. The van der Waals surface area contributed by atoms with E-state index in [1.54, 1.807) is 0 Å². The number of nitrogens with one attached hydrogen (secondary N) is 2. The molecule has 1 atom stereocenters. The monoisotopic (exact) mass is 362 g/mol. The fourth-order valence-corrected chi connectivity index (χ4v) is 3.40. The molecule has 0 saturated carbocycles. The molecule has 0 bridgehead atoms. The summed E-state index contributed by atoms with van der Waals surface area (Å²) in [6, 6.07) is 15.8. The first-order valence-corrected chi connectivity index (χ1v) is 9.07. The predicted molar refractivity (Wildman–Crippen MR) is 98.4 cm³/mol. The maximum atomic E-state index is 11.4. The summed E-state index contributed by atoms with van der Waals surface area (Å²) in [5.41, 5.74) is 2.29. The molecule has 2 aromatic carbocycles. The second-order valence-corrected chi connectivity index (χ2v) is 6.91. The zero-order chi connectivity index (χ0) is 16.8. The van der Waals surface area contributed by atoms with Gasteiger partial charge in [0.25, 0.3) is 0 Å². The molecule has 1 aliphatic rings. The van der Waals surface area contributed by atoms with E-state index in [0.717, 1.165) is 35.0 Å². The Balaban J connectivity index is 1.43. The van der Waals surface area contributed by atoms with Crippen molar-refractivity contribution in [1.82, 2.24) is 4.72 Å². The van der Waals surface area contributed by atoms with Crippen molar-refractivity contribution in [3.05, 3.63) is 59.1 Å². The van der Waals surface area contributed by atoms with Crippen LogP contribution in [0.3, 0.4) is 0 Å². The molecule has 2 N–H and O–H groups in total. The van der Waals surface area contributed by atoms with Crippen molar-refractivity contribution in [1.29, 1.82) is 0 Å². The molecule has 0 aromatic heterocycles. The number of benzene rings is 2. The van der Waals surface area contributed by atoms with Crippen LogP contribution in [0.1, 0.15) is 12.0 Å². The highest BCUT2D eigenvalue weighted by Gasteiger charge is 2.25. The maximum Gasteiger partial charge on any atom is 0.324 e. The first-order valence-electron chi connectivity index (χ1n) is 7.88. The molecular formula is C18H19ClN2O2S. The lowest BCUT2D eigenvalue weighted by Gasteiger charge is -2.10. The Hall–Kier alpha value is -1.69. The van der Waals surface area contributed by atoms with Gasteiger partial charge in [-0.3, -0.25) is 4.79 Å². The lowest BCUT2D eigenvalue weighted by atomic mass is 10.1. The number of halogens is 1. The molecule has 1 fully saturated rings. The van der Waals surface area contributed by atoms with Crippen LogP contribution < -0.4 is 10.0 Å². The summed E-state index contributed by atoms with van der Waals surface area (Å²) in [5.74, 6) is -0.165. The fourth-order valence-electron chi connectivity index (χ4n) is 2.43. The van der Waals surface area contributed by atoms with Crippen molar-refractivity contribution < 1.29 is 9.53 Å². The number of esters is 1. The normalized spacial score (nSPS) is 16.9. The third-order valence-corrected chi connectivity index (χ3v) is 4.89. The first kappa shape index (κ1) is 17.1. The highest BCUT2D eigenvalue weighted by Crippen LogP contribution is 2.20. The molecule has 2 aromatic rings. The van der Waals surface area contributed by atoms with Gasteiger partial charge in [-0.25, -0.2) is 4.72 Å². The molecule has 1 aliphatic heterocycles. The first-order chi connectivity index (χ1) is 11.7. The number of carbonyl (C=O) groups excluding carboxylic acids is 1. The summed E-state index contributed by atoms with van der Waals surface area (Å²) in [5, 5.41) is 4.17. The van der Waals surface area contributed by atoms with Crippen molar-refractivity contribution >= 4 is 35.2 Å². The van der Waals surface area contributed by atoms with E-state index < -0.39 is 0 Å². The minimum absolute atomic E-state index is 0.165. The molecule has 0 amide bonds. The molecule has 4 nitrogen and oxygen atoms in total. The Labute approximate surface area is 151 Å². The summed E-state index contributed by atoms with van der Waals surface area (Å²) in [4.78, 5) is 12.5. The molecule has 126 valence electrons. The zero-order valence-electron chi connectivity index (χ0n) is 13.1. The second kappa shape index (κ2) is 8.42. The molecular weight excluding hydrogens is 344 g/mol. The Bertz CT molecular complexity index is 694. The minimum Gasteiger partial charge on any atom is -0.464 e. The van der Waals surface area contributed by atoms with E-state index in [1.807, 2.05) is 42.5 Å². The van der Waals surface area contributed by atoms with Gasteiger partial charge in [0.05, 0.1) is 6.61 Å². The van der Waals surface area contributed by atoms with Gasteiger partial charge in [0.2, 0.25) is 0 Å². The van der Waals surface area contributed by atoms with Crippen molar-refractivity contribution in [3.8, 4) is 0 Å². The molecule has 1 heterocycles. The van der Waals surface area contributed by atoms with Crippen LogP contribution in [0.15, 0.2) is 53.4 Å². The van der Waals surface area contributed by atoms with Crippen LogP contribution in [-0.4, -0.2) is 25.2 Å². The van der Waals surface area contributed by atoms with Crippen molar-refractivity contribution in [2.24, 2.45) is 0 Å². The fraction of sp³-hybridized carbons (Fsp3) is 0.278. The largest absolute Gasteiger partial charge is 0.464 e. The van der Waals surface area contributed by atoms with Crippen LogP contribution in [0.5, 0.6) is 0 Å². The van der Waals surface area contributed by atoms with Crippen molar-refractivity contribution in [3.63, 3.8) is 0 Å². The molecule has 6 heteroatoms. The average molecular weight is 363 g/mol. The van der Waals surface area contributed by atoms with Gasteiger partial charge in [0.1, 0.15) is 6.04 Å². The van der Waals surface area contributed by atoms with Gasteiger partial charge < -0.3 is 10.1 Å². The van der Waals surface area contributed by atoms with Crippen LogP contribution in [0.25, 0.3) is 0 Å². The van der Waals surface area contributed by atoms with Gasteiger partial charge in [0, 0.05) is 28.6 Å². The lowest BCUT2D eigenvalue weighted by molar-refractivity contribution is -0.139. The second-order valence-electron chi connectivity index (χ2n) is 5.56. The van der Waals surface area contributed by atoms with E-state index in [2.05, 4.69) is 16.1 Å². The smallest absolute Gasteiger partial charge is 0.324 e. The van der Waals surface area contributed by atoms with Crippen LogP contribution in [0.2, 0.25) is 5.02 Å². The van der Waals surface area contributed by atoms with Crippen LogP contribution in [0, 0.1) is 0 Å². The topological polar surface area (TPSA) is 50.4 Å². The third-order valence-electron chi connectivity index (χ3n) is 3.74. The van der Waals surface area contributed by atoms with Gasteiger partial charge in [0.15, 0.2) is 0 Å². The summed E-state index contributed by atoms with van der Waals surface area (Å²) < 4.78 is 8.07. The lowest BCUT2D eigenvalue weighted by Crippen LogP contribution is -2.27. The Morgan fingerprint density at radius 3 is 2.75 bits per heavy atom. The Kier molecular flexibility index (Phi) is 6.01. The van der Waals surface area contributed by atoms with E-state index in [9.17, 15) is 4.79 Å². The number of hydrogen-bond acceptors (Lipinski definition) is 5. The predicted octanol–water partition coefficient (Wildman–Crippen LogP) is 3.91. The van der Waals surface area contributed by atoms with Crippen LogP contribution in [-0.2, 0) is 16.0 Å². The molecule has 1 saturated heterocycles. The molecule has 3 rings (SSSR count). The quantitative estimate of drug-likeness (QED) is 0.577. The maximum absolute atomic E-state index is 11.4. The zero-order valence-corrected chi connectivity index (χ0v) is 14.7. The number of carbonyl (C=O) groups is 1. The van der Waals surface area contributed by atoms with Crippen LogP contribution >= 0.6 is 23.5 Å². The van der Waals surface area contributed by atoms with Gasteiger partial charge in [-0.05, 0) is 60.3 Å². The molecule has 0 spiro atoms. The van der Waals surface area contributed by atoms with E-state index in [1.165, 1.54) is 17.5 Å². The summed E-state index contributed by atoms with van der Waals surface area (Å²) in [6.45, 7) is 1.35. The number of ether oxygens (including phenoxy) is 1. The standard InChI is InChI=1S/C18H19ClN2O2S/c19-14-3-1-2-13(12-14)8-10-20-15-4-6-16(7-5-15)24-21-17-9-11-23-18(17)22/h1-7,12,17,20-21H,8-11H2. The summed E-state index contributed by atoms with van der Waals surface area (Å²) in [7, 11) is 0. The molecule has 24 heavy (non-hydrogen) atoms. The van der Waals surface area contributed by atoms with Crippen LogP contribution in [0.4, 0.5) is 5.69 Å². The molecule has 0 radical (unpaired) electrons. The van der Waals surface area contributed by atoms with Gasteiger partial charge in [-0.15, -0.1) is 0 Å². The summed E-state index contributed by atoms with van der Waals surface area (Å²) in [6.07, 6.45) is 1.65. The van der Waals surface area contributed by atoms with E-state index in [4.69, 9.17) is 16.3 Å². The highest BCUT2D eigenvalue weighted by atomic mass is 35.5. The van der Waals surface area contributed by atoms with E-state index in [0.29, 0.717) is 6.61 Å². The van der Waals surface area contributed by atoms with Gasteiger partial charge in [-0.1, -0.05) is 23.7 Å². The number of hydrogen-bond donors (Lipinski definition) is 2. The molecule has 1 unspecified atom stereocenters. The Morgan fingerprint density at radius 1 is 1.21 bits per heavy atom. The number of cyclic esters (lactones) is 1. The Morgan fingerprint density at radius 2 is 2.04 bits per heavy atom.